The Labute approximate surface area is 129 Å². The van der Waals surface area contributed by atoms with E-state index in [-0.39, 0.29) is 11.3 Å². The van der Waals surface area contributed by atoms with Crippen molar-refractivity contribution in [2.24, 2.45) is 0 Å². The lowest BCUT2D eigenvalue weighted by molar-refractivity contribution is 0.102. The van der Waals surface area contributed by atoms with Crippen LogP contribution < -0.4 is 14.8 Å². The SMILES string of the molecule is O=C(Nc1ccc2c(c1)OCCO2)c1ccc(Br)cc1O. The Balaban J connectivity index is 1.81. The van der Waals surface area contributed by atoms with Crippen molar-refractivity contribution >= 4 is 27.5 Å². The van der Waals surface area contributed by atoms with E-state index in [1.54, 1.807) is 30.3 Å². The maximum absolute atomic E-state index is 12.2. The van der Waals surface area contributed by atoms with Gasteiger partial charge in [0.05, 0.1) is 5.56 Å². The van der Waals surface area contributed by atoms with Crippen molar-refractivity contribution in [1.29, 1.82) is 0 Å². The summed E-state index contributed by atoms with van der Waals surface area (Å²) in [5, 5.41) is 12.5. The van der Waals surface area contributed by atoms with E-state index < -0.39 is 5.91 Å². The van der Waals surface area contributed by atoms with E-state index in [1.807, 2.05) is 0 Å². The largest absolute Gasteiger partial charge is 0.507 e. The molecule has 0 atom stereocenters. The number of halogens is 1. The third kappa shape index (κ3) is 2.95. The second kappa shape index (κ2) is 5.65. The fraction of sp³-hybridized carbons (Fsp3) is 0.133. The minimum Gasteiger partial charge on any atom is -0.507 e. The van der Waals surface area contributed by atoms with Crippen molar-refractivity contribution in [2.75, 3.05) is 18.5 Å². The van der Waals surface area contributed by atoms with E-state index >= 15 is 0 Å². The Morgan fingerprint density at radius 2 is 1.86 bits per heavy atom. The second-order valence-corrected chi connectivity index (χ2v) is 5.39. The highest BCUT2D eigenvalue weighted by molar-refractivity contribution is 9.10. The van der Waals surface area contributed by atoms with Crippen molar-refractivity contribution in [3.8, 4) is 17.2 Å². The van der Waals surface area contributed by atoms with Gasteiger partial charge in [0, 0.05) is 16.2 Å². The quantitative estimate of drug-likeness (QED) is 0.873. The van der Waals surface area contributed by atoms with Crippen LogP contribution in [-0.2, 0) is 0 Å². The number of anilines is 1. The van der Waals surface area contributed by atoms with Crippen LogP contribution in [0.3, 0.4) is 0 Å². The van der Waals surface area contributed by atoms with Gasteiger partial charge in [-0.2, -0.15) is 0 Å². The molecule has 0 fully saturated rings. The summed E-state index contributed by atoms with van der Waals surface area (Å²) in [5.74, 6) is 0.779. The lowest BCUT2D eigenvalue weighted by Gasteiger charge is -2.19. The first-order chi connectivity index (χ1) is 10.1. The lowest BCUT2D eigenvalue weighted by Crippen LogP contribution is -2.16. The molecule has 0 spiro atoms. The average molecular weight is 350 g/mol. The fourth-order valence-electron chi connectivity index (χ4n) is 2.02. The summed E-state index contributed by atoms with van der Waals surface area (Å²) in [7, 11) is 0. The summed E-state index contributed by atoms with van der Waals surface area (Å²) in [6.45, 7) is 1.00. The predicted molar refractivity (Wildman–Crippen MR) is 81.2 cm³/mol. The van der Waals surface area contributed by atoms with Crippen molar-refractivity contribution in [1.82, 2.24) is 0 Å². The van der Waals surface area contributed by atoms with Gasteiger partial charge >= 0.3 is 0 Å². The molecule has 6 heteroatoms. The van der Waals surface area contributed by atoms with Crippen LogP contribution in [0.5, 0.6) is 17.2 Å². The predicted octanol–water partition coefficient (Wildman–Crippen LogP) is 3.18. The van der Waals surface area contributed by atoms with Gasteiger partial charge in [-0.25, -0.2) is 0 Å². The van der Waals surface area contributed by atoms with Gasteiger partial charge in [-0.1, -0.05) is 15.9 Å². The van der Waals surface area contributed by atoms with Crippen molar-refractivity contribution < 1.29 is 19.4 Å². The fourth-order valence-corrected chi connectivity index (χ4v) is 2.37. The van der Waals surface area contributed by atoms with Crippen molar-refractivity contribution in [2.45, 2.75) is 0 Å². The number of carbonyl (C=O) groups excluding carboxylic acids is 1. The Morgan fingerprint density at radius 3 is 2.62 bits per heavy atom. The zero-order chi connectivity index (χ0) is 14.8. The van der Waals surface area contributed by atoms with Gasteiger partial charge in [0.1, 0.15) is 19.0 Å². The summed E-state index contributed by atoms with van der Waals surface area (Å²) in [6.07, 6.45) is 0. The average Bonchev–Trinajstić information content (AvgIpc) is 2.47. The standard InChI is InChI=1S/C15H12BrNO4/c16-9-1-3-11(12(18)7-9)15(19)17-10-2-4-13-14(8-10)21-6-5-20-13/h1-4,7-8,18H,5-6H2,(H,17,19). The molecule has 1 aliphatic heterocycles. The summed E-state index contributed by atoms with van der Waals surface area (Å²) >= 11 is 3.23. The molecule has 1 amide bonds. The number of hydrogen-bond donors (Lipinski definition) is 2. The van der Waals surface area contributed by atoms with Crippen LogP contribution in [0.15, 0.2) is 40.9 Å². The molecule has 0 saturated heterocycles. The van der Waals surface area contributed by atoms with Gasteiger partial charge in [0.25, 0.3) is 5.91 Å². The Hall–Kier alpha value is -2.21. The monoisotopic (exact) mass is 349 g/mol. The Bertz CT molecular complexity index is 702. The maximum atomic E-state index is 12.2. The molecule has 3 rings (SSSR count). The van der Waals surface area contributed by atoms with E-state index in [2.05, 4.69) is 21.2 Å². The van der Waals surface area contributed by atoms with Gasteiger partial charge in [-0.15, -0.1) is 0 Å². The van der Waals surface area contributed by atoms with Crippen LogP contribution >= 0.6 is 15.9 Å². The molecular formula is C15H12BrNO4. The first kappa shape index (κ1) is 13.8. The van der Waals surface area contributed by atoms with Gasteiger partial charge in [0.15, 0.2) is 11.5 Å². The minimum absolute atomic E-state index is 0.0839. The molecule has 0 saturated carbocycles. The van der Waals surface area contributed by atoms with Crippen LogP contribution in [0.25, 0.3) is 0 Å². The van der Waals surface area contributed by atoms with Crippen LogP contribution in [0, 0.1) is 0 Å². The van der Waals surface area contributed by atoms with Crippen LogP contribution in [0.1, 0.15) is 10.4 Å². The number of nitrogens with one attached hydrogen (secondary N) is 1. The highest BCUT2D eigenvalue weighted by Gasteiger charge is 2.15. The Kier molecular flexibility index (Phi) is 3.70. The number of fused-ring (bicyclic) bond motifs is 1. The number of carbonyl (C=O) groups is 1. The number of phenolic OH excluding ortho intramolecular Hbond substituents is 1. The number of ether oxygens (including phenoxy) is 2. The zero-order valence-corrected chi connectivity index (χ0v) is 12.5. The first-order valence-corrected chi connectivity index (χ1v) is 7.12. The number of hydrogen-bond acceptors (Lipinski definition) is 4. The highest BCUT2D eigenvalue weighted by atomic mass is 79.9. The van der Waals surface area contributed by atoms with E-state index in [0.29, 0.717) is 34.9 Å². The minimum atomic E-state index is -0.392. The molecule has 2 aromatic carbocycles. The van der Waals surface area contributed by atoms with E-state index in [9.17, 15) is 9.90 Å². The summed E-state index contributed by atoms with van der Waals surface area (Å²) in [4.78, 5) is 12.2. The Morgan fingerprint density at radius 1 is 1.10 bits per heavy atom. The lowest BCUT2D eigenvalue weighted by atomic mass is 10.2. The van der Waals surface area contributed by atoms with E-state index in [1.165, 1.54) is 6.07 Å². The molecule has 1 heterocycles. The molecule has 0 bridgehead atoms. The van der Waals surface area contributed by atoms with Crippen LogP contribution in [-0.4, -0.2) is 24.2 Å². The third-order valence-electron chi connectivity index (χ3n) is 3.00. The van der Waals surface area contributed by atoms with Crippen molar-refractivity contribution in [3.63, 3.8) is 0 Å². The molecule has 21 heavy (non-hydrogen) atoms. The molecular weight excluding hydrogens is 338 g/mol. The maximum Gasteiger partial charge on any atom is 0.259 e. The topological polar surface area (TPSA) is 67.8 Å². The summed E-state index contributed by atoms with van der Waals surface area (Å²) < 4.78 is 11.6. The number of rotatable bonds is 2. The van der Waals surface area contributed by atoms with Crippen LogP contribution in [0.2, 0.25) is 0 Å². The number of amides is 1. The molecule has 0 aliphatic carbocycles. The van der Waals surface area contributed by atoms with Crippen LogP contribution in [0.4, 0.5) is 5.69 Å². The highest BCUT2D eigenvalue weighted by Crippen LogP contribution is 2.33. The smallest absolute Gasteiger partial charge is 0.259 e. The van der Waals surface area contributed by atoms with E-state index in [4.69, 9.17) is 9.47 Å². The molecule has 5 nitrogen and oxygen atoms in total. The van der Waals surface area contributed by atoms with Gasteiger partial charge in [0.2, 0.25) is 0 Å². The third-order valence-corrected chi connectivity index (χ3v) is 3.50. The van der Waals surface area contributed by atoms with Gasteiger partial charge in [-0.05, 0) is 30.3 Å². The molecule has 2 N–H and O–H groups in total. The second-order valence-electron chi connectivity index (χ2n) is 4.47. The van der Waals surface area contributed by atoms with E-state index in [0.717, 1.165) is 0 Å². The zero-order valence-electron chi connectivity index (χ0n) is 10.9. The normalized spacial score (nSPS) is 12.8. The molecule has 0 radical (unpaired) electrons. The van der Waals surface area contributed by atoms with Crippen molar-refractivity contribution in [3.05, 3.63) is 46.4 Å². The molecule has 0 unspecified atom stereocenters. The molecule has 2 aromatic rings. The number of benzene rings is 2. The number of phenols is 1. The molecule has 0 aromatic heterocycles. The summed E-state index contributed by atoms with van der Waals surface area (Å²) in [6, 6.07) is 9.87. The summed E-state index contributed by atoms with van der Waals surface area (Å²) in [5.41, 5.74) is 0.777. The van der Waals surface area contributed by atoms with Gasteiger partial charge in [-0.3, -0.25) is 4.79 Å². The first-order valence-electron chi connectivity index (χ1n) is 6.33. The van der Waals surface area contributed by atoms with Gasteiger partial charge < -0.3 is 19.9 Å². The number of aromatic hydroxyl groups is 1. The molecule has 1 aliphatic rings. The molecule has 108 valence electrons.